The van der Waals surface area contributed by atoms with Crippen LogP contribution in [0.15, 0.2) is 18.3 Å². The molecule has 1 aliphatic carbocycles. The fourth-order valence-electron chi connectivity index (χ4n) is 3.17. The molecule has 1 aliphatic rings. The number of amides is 1. The molecule has 0 unspecified atom stereocenters. The van der Waals surface area contributed by atoms with Crippen molar-refractivity contribution >= 4 is 5.91 Å². The van der Waals surface area contributed by atoms with Crippen LogP contribution in [0.3, 0.4) is 0 Å². The molecular weight excluding hydrogens is 264 g/mol. The molecule has 0 bridgehead atoms. The van der Waals surface area contributed by atoms with E-state index < -0.39 is 5.60 Å². The molecule has 2 rings (SSSR count). The van der Waals surface area contributed by atoms with Crippen molar-refractivity contribution in [2.45, 2.75) is 58.5 Å². The summed E-state index contributed by atoms with van der Waals surface area (Å²) < 4.78 is 0. The largest absolute Gasteiger partial charge is 0.388 e. The summed E-state index contributed by atoms with van der Waals surface area (Å²) in [5.41, 5.74) is 0.474. The summed E-state index contributed by atoms with van der Waals surface area (Å²) in [6.07, 6.45) is 5.77. The predicted molar refractivity (Wildman–Crippen MR) is 83.9 cm³/mol. The van der Waals surface area contributed by atoms with Crippen LogP contribution in [0.25, 0.3) is 0 Å². The number of H-pyrrole nitrogens is 1. The summed E-state index contributed by atoms with van der Waals surface area (Å²) in [7, 11) is 0. The second-order valence-corrected chi connectivity index (χ2v) is 7.51. The van der Waals surface area contributed by atoms with E-state index in [1.54, 1.807) is 0 Å². The fraction of sp³-hybridized carbons (Fsp3) is 0.706. The van der Waals surface area contributed by atoms with Gasteiger partial charge in [-0.05, 0) is 49.1 Å². The van der Waals surface area contributed by atoms with Gasteiger partial charge in [-0.25, -0.2) is 0 Å². The Balaban J connectivity index is 1.77. The molecule has 1 aromatic heterocycles. The lowest BCUT2D eigenvalue weighted by Gasteiger charge is -2.41. The summed E-state index contributed by atoms with van der Waals surface area (Å²) in [6, 6.07) is 3.77. The van der Waals surface area contributed by atoms with E-state index in [0.717, 1.165) is 31.4 Å². The summed E-state index contributed by atoms with van der Waals surface area (Å²) in [5.74, 6) is 0.621. The molecule has 0 saturated heterocycles. The van der Waals surface area contributed by atoms with E-state index in [1.165, 1.54) is 0 Å². The average Bonchev–Trinajstić information content (AvgIpc) is 2.89. The topological polar surface area (TPSA) is 65.1 Å². The Morgan fingerprint density at radius 3 is 2.62 bits per heavy atom. The van der Waals surface area contributed by atoms with Crippen LogP contribution >= 0.6 is 0 Å². The number of rotatable bonds is 4. The van der Waals surface area contributed by atoms with Gasteiger partial charge in [-0.3, -0.25) is 4.79 Å². The molecule has 0 spiro atoms. The molecule has 3 N–H and O–H groups in total. The minimum Gasteiger partial charge on any atom is -0.388 e. The summed E-state index contributed by atoms with van der Waals surface area (Å²) in [5, 5.41) is 13.5. The third-order valence-electron chi connectivity index (χ3n) is 4.77. The summed E-state index contributed by atoms with van der Waals surface area (Å²) in [6.45, 7) is 7.16. The van der Waals surface area contributed by atoms with Crippen molar-refractivity contribution in [3.05, 3.63) is 24.0 Å². The van der Waals surface area contributed by atoms with E-state index in [4.69, 9.17) is 0 Å². The highest BCUT2D eigenvalue weighted by molar-refractivity contribution is 5.78. The van der Waals surface area contributed by atoms with Gasteiger partial charge < -0.3 is 15.4 Å². The molecule has 0 aliphatic heterocycles. The van der Waals surface area contributed by atoms with Crippen molar-refractivity contribution in [3.8, 4) is 0 Å². The first-order valence-corrected chi connectivity index (χ1v) is 7.90. The summed E-state index contributed by atoms with van der Waals surface area (Å²) in [4.78, 5) is 14.9. The van der Waals surface area contributed by atoms with E-state index >= 15 is 0 Å². The van der Waals surface area contributed by atoms with E-state index in [0.29, 0.717) is 24.3 Å². The maximum absolute atomic E-state index is 11.9. The Kier molecular flexibility index (Phi) is 4.77. The van der Waals surface area contributed by atoms with Crippen LogP contribution in [-0.4, -0.2) is 28.1 Å². The van der Waals surface area contributed by atoms with Crippen LogP contribution in [0, 0.1) is 11.3 Å². The molecular formula is C17H28N2O2. The van der Waals surface area contributed by atoms with Crippen molar-refractivity contribution < 1.29 is 9.90 Å². The van der Waals surface area contributed by atoms with Crippen molar-refractivity contribution in [3.63, 3.8) is 0 Å². The first-order valence-electron chi connectivity index (χ1n) is 7.90. The zero-order valence-electron chi connectivity index (χ0n) is 13.4. The molecule has 1 saturated carbocycles. The first kappa shape index (κ1) is 16.1. The van der Waals surface area contributed by atoms with Gasteiger partial charge in [0.25, 0.3) is 0 Å². The minimum absolute atomic E-state index is 0.0381. The first-order chi connectivity index (χ1) is 9.78. The highest BCUT2D eigenvalue weighted by Crippen LogP contribution is 2.41. The van der Waals surface area contributed by atoms with E-state index in [2.05, 4.69) is 31.1 Å². The summed E-state index contributed by atoms with van der Waals surface area (Å²) >= 11 is 0. The Hall–Kier alpha value is -1.29. The highest BCUT2D eigenvalue weighted by Gasteiger charge is 2.37. The van der Waals surface area contributed by atoms with Crippen LogP contribution in [0.2, 0.25) is 0 Å². The molecule has 118 valence electrons. The Morgan fingerprint density at radius 2 is 2.10 bits per heavy atom. The van der Waals surface area contributed by atoms with Gasteiger partial charge >= 0.3 is 0 Å². The van der Waals surface area contributed by atoms with Crippen molar-refractivity contribution in [2.24, 2.45) is 11.3 Å². The number of aromatic nitrogens is 1. The number of hydrogen-bond donors (Lipinski definition) is 3. The zero-order chi connectivity index (χ0) is 15.5. The lowest BCUT2D eigenvalue weighted by atomic mass is 9.68. The van der Waals surface area contributed by atoms with Gasteiger partial charge in [0, 0.05) is 18.4 Å². The van der Waals surface area contributed by atoms with Gasteiger partial charge in [-0.2, -0.15) is 0 Å². The fourth-order valence-corrected chi connectivity index (χ4v) is 3.17. The monoisotopic (exact) mass is 292 g/mol. The molecule has 1 amide bonds. The van der Waals surface area contributed by atoms with Crippen molar-refractivity contribution in [2.75, 3.05) is 6.54 Å². The van der Waals surface area contributed by atoms with E-state index in [9.17, 15) is 9.90 Å². The SMILES string of the molecule is CC(C)(C)C1CCC(O)(CNC(=O)Cc2ccc[nH]2)CC1. The molecule has 1 aromatic rings. The number of aliphatic hydroxyl groups is 1. The highest BCUT2D eigenvalue weighted by atomic mass is 16.3. The van der Waals surface area contributed by atoms with Gasteiger partial charge in [0.2, 0.25) is 5.91 Å². The predicted octanol–water partition coefficient (Wildman–Crippen LogP) is 2.64. The normalized spacial score (nSPS) is 26.6. The standard InChI is InChI=1S/C17H28N2O2/c1-16(2,3)13-6-8-17(21,9-7-13)12-19-15(20)11-14-5-4-10-18-14/h4-5,10,13,18,21H,6-9,11-12H2,1-3H3,(H,19,20). The molecule has 0 aromatic carbocycles. The maximum Gasteiger partial charge on any atom is 0.226 e. The Labute approximate surface area is 127 Å². The molecule has 1 fully saturated rings. The van der Waals surface area contributed by atoms with E-state index in [1.807, 2.05) is 18.3 Å². The number of hydrogen-bond acceptors (Lipinski definition) is 2. The third-order valence-corrected chi connectivity index (χ3v) is 4.77. The molecule has 1 heterocycles. The lowest BCUT2D eigenvalue weighted by Crippen LogP contribution is -2.46. The zero-order valence-corrected chi connectivity index (χ0v) is 13.4. The van der Waals surface area contributed by atoms with Crippen LogP contribution in [0.5, 0.6) is 0 Å². The van der Waals surface area contributed by atoms with Crippen LogP contribution < -0.4 is 5.32 Å². The maximum atomic E-state index is 11.9. The molecule has 0 radical (unpaired) electrons. The van der Waals surface area contributed by atoms with Crippen LogP contribution in [0.4, 0.5) is 0 Å². The molecule has 4 nitrogen and oxygen atoms in total. The smallest absolute Gasteiger partial charge is 0.226 e. The quantitative estimate of drug-likeness (QED) is 0.798. The van der Waals surface area contributed by atoms with Gasteiger partial charge in [0.15, 0.2) is 0 Å². The number of aromatic amines is 1. The van der Waals surface area contributed by atoms with Crippen molar-refractivity contribution in [1.82, 2.24) is 10.3 Å². The average molecular weight is 292 g/mol. The second kappa shape index (κ2) is 6.22. The van der Waals surface area contributed by atoms with Crippen LogP contribution in [0.1, 0.15) is 52.1 Å². The third kappa shape index (κ3) is 4.60. The lowest BCUT2D eigenvalue weighted by molar-refractivity contribution is -0.122. The number of carbonyl (C=O) groups is 1. The number of carbonyl (C=O) groups excluding carboxylic acids is 1. The van der Waals surface area contributed by atoms with Crippen LogP contribution in [-0.2, 0) is 11.2 Å². The van der Waals surface area contributed by atoms with Gasteiger partial charge in [-0.15, -0.1) is 0 Å². The molecule has 21 heavy (non-hydrogen) atoms. The van der Waals surface area contributed by atoms with Gasteiger partial charge in [-0.1, -0.05) is 20.8 Å². The van der Waals surface area contributed by atoms with Gasteiger partial charge in [0.1, 0.15) is 0 Å². The number of nitrogens with one attached hydrogen (secondary N) is 2. The molecule has 0 atom stereocenters. The Morgan fingerprint density at radius 1 is 1.43 bits per heavy atom. The second-order valence-electron chi connectivity index (χ2n) is 7.51. The van der Waals surface area contributed by atoms with E-state index in [-0.39, 0.29) is 5.91 Å². The van der Waals surface area contributed by atoms with Gasteiger partial charge in [0.05, 0.1) is 12.0 Å². The molecule has 4 heteroatoms. The van der Waals surface area contributed by atoms with Crippen molar-refractivity contribution in [1.29, 1.82) is 0 Å². The Bertz CT molecular complexity index is 452. The minimum atomic E-state index is -0.729.